The molecule has 0 amide bonds. The molecule has 2 aromatic rings. The Morgan fingerprint density at radius 1 is 1.50 bits per heavy atom. The number of nitrogens with one attached hydrogen (secondary N) is 1. The third kappa shape index (κ3) is 2.87. The van der Waals surface area contributed by atoms with E-state index in [4.69, 9.17) is 5.11 Å². The molecule has 4 nitrogen and oxygen atoms in total. The first-order chi connectivity index (χ1) is 8.56. The van der Waals surface area contributed by atoms with Crippen LogP contribution in [0.3, 0.4) is 0 Å². The Hall–Kier alpha value is -1.88. The molecule has 5 heteroatoms. The SMILES string of the molecule is Cc1cc(C(=O)O)cc(NC(C)c2cccs2)n1. The van der Waals surface area contributed by atoms with Gasteiger partial charge in [0.2, 0.25) is 0 Å². The van der Waals surface area contributed by atoms with Gasteiger partial charge in [0.25, 0.3) is 0 Å². The summed E-state index contributed by atoms with van der Waals surface area (Å²) in [6.07, 6.45) is 0. The predicted molar refractivity (Wildman–Crippen MR) is 72.3 cm³/mol. The molecule has 0 aliphatic carbocycles. The summed E-state index contributed by atoms with van der Waals surface area (Å²) in [5.41, 5.74) is 0.944. The van der Waals surface area contributed by atoms with Crippen molar-refractivity contribution in [3.05, 3.63) is 45.8 Å². The number of hydrogen-bond acceptors (Lipinski definition) is 4. The average Bonchev–Trinajstić information content (AvgIpc) is 2.81. The molecule has 0 bridgehead atoms. The molecule has 2 heterocycles. The quantitative estimate of drug-likeness (QED) is 0.887. The Morgan fingerprint density at radius 3 is 2.89 bits per heavy atom. The maximum absolute atomic E-state index is 11.0. The van der Waals surface area contributed by atoms with E-state index in [0.29, 0.717) is 11.5 Å². The van der Waals surface area contributed by atoms with Crippen LogP contribution >= 0.6 is 11.3 Å². The standard InChI is InChI=1S/C13H14N2O2S/c1-8-6-10(13(16)17)7-12(14-8)15-9(2)11-4-3-5-18-11/h3-7,9H,1-2H3,(H,14,15)(H,16,17). The third-order valence-corrected chi connectivity index (χ3v) is 3.59. The number of aryl methyl sites for hydroxylation is 1. The van der Waals surface area contributed by atoms with Crippen molar-refractivity contribution in [2.45, 2.75) is 19.9 Å². The lowest BCUT2D eigenvalue weighted by atomic mass is 10.2. The number of nitrogens with zero attached hydrogens (tertiary/aromatic N) is 1. The number of thiophene rings is 1. The Labute approximate surface area is 109 Å². The minimum Gasteiger partial charge on any atom is -0.478 e. The van der Waals surface area contributed by atoms with E-state index in [0.717, 1.165) is 0 Å². The molecule has 0 saturated heterocycles. The molecule has 1 unspecified atom stereocenters. The van der Waals surface area contributed by atoms with Crippen LogP contribution in [0.25, 0.3) is 0 Å². The molecule has 0 spiro atoms. The van der Waals surface area contributed by atoms with Gasteiger partial charge in [-0.3, -0.25) is 0 Å². The second kappa shape index (κ2) is 5.18. The summed E-state index contributed by atoms with van der Waals surface area (Å²) < 4.78 is 0. The molecule has 0 aromatic carbocycles. The summed E-state index contributed by atoms with van der Waals surface area (Å²) in [6, 6.07) is 7.25. The van der Waals surface area contributed by atoms with Gasteiger partial charge in [-0.25, -0.2) is 9.78 Å². The number of anilines is 1. The topological polar surface area (TPSA) is 62.2 Å². The van der Waals surface area contributed by atoms with Gasteiger partial charge in [0.05, 0.1) is 11.6 Å². The summed E-state index contributed by atoms with van der Waals surface area (Å²) in [7, 11) is 0. The van der Waals surface area contributed by atoms with Gasteiger partial charge in [0.15, 0.2) is 0 Å². The highest BCUT2D eigenvalue weighted by Gasteiger charge is 2.10. The lowest BCUT2D eigenvalue weighted by Gasteiger charge is -2.13. The van der Waals surface area contributed by atoms with Crippen molar-refractivity contribution in [1.82, 2.24) is 4.98 Å². The van der Waals surface area contributed by atoms with E-state index in [-0.39, 0.29) is 11.6 Å². The average molecular weight is 262 g/mol. The zero-order valence-electron chi connectivity index (χ0n) is 10.2. The summed E-state index contributed by atoms with van der Waals surface area (Å²) in [4.78, 5) is 16.5. The van der Waals surface area contributed by atoms with Gasteiger partial charge >= 0.3 is 5.97 Å². The van der Waals surface area contributed by atoms with Crippen molar-refractivity contribution < 1.29 is 9.90 Å². The van der Waals surface area contributed by atoms with Gasteiger partial charge in [0.1, 0.15) is 5.82 Å². The number of pyridine rings is 1. The van der Waals surface area contributed by atoms with E-state index in [1.807, 2.05) is 24.4 Å². The van der Waals surface area contributed by atoms with Crippen molar-refractivity contribution in [1.29, 1.82) is 0 Å². The molecular weight excluding hydrogens is 248 g/mol. The largest absolute Gasteiger partial charge is 0.478 e. The van der Waals surface area contributed by atoms with Crippen LogP contribution in [-0.2, 0) is 0 Å². The van der Waals surface area contributed by atoms with Crippen molar-refractivity contribution >= 4 is 23.1 Å². The first-order valence-electron chi connectivity index (χ1n) is 5.58. The molecular formula is C13H14N2O2S. The van der Waals surface area contributed by atoms with Crippen LogP contribution in [0.5, 0.6) is 0 Å². The maximum atomic E-state index is 11.0. The van der Waals surface area contributed by atoms with Gasteiger partial charge in [-0.2, -0.15) is 0 Å². The van der Waals surface area contributed by atoms with Crippen molar-refractivity contribution in [3.63, 3.8) is 0 Å². The number of carboxylic acids is 1. The molecule has 18 heavy (non-hydrogen) atoms. The summed E-state index contributed by atoms with van der Waals surface area (Å²) in [6.45, 7) is 3.81. The molecule has 0 aliphatic rings. The van der Waals surface area contributed by atoms with Crippen molar-refractivity contribution in [3.8, 4) is 0 Å². The monoisotopic (exact) mass is 262 g/mol. The van der Waals surface area contributed by atoms with E-state index in [1.165, 1.54) is 4.88 Å². The number of carbonyl (C=O) groups is 1. The van der Waals surface area contributed by atoms with Crippen LogP contribution in [0.15, 0.2) is 29.6 Å². The first-order valence-corrected chi connectivity index (χ1v) is 6.46. The smallest absolute Gasteiger partial charge is 0.335 e. The highest BCUT2D eigenvalue weighted by atomic mass is 32.1. The van der Waals surface area contributed by atoms with Gasteiger partial charge in [-0.05, 0) is 37.4 Å². The van der Waals surface area contributed by atoms with E-state index in [2.05, 4.69) is 10.3 Å². The number of hydrogen-bond donors (Lipinski definition) is 2. The van der Waals surface area contributed by atoms with Gasteiger partial charge in [0, 0.05) is 10.6 Å². The van der Waals surface area contributed by atoms with E-state index in [1.54, 1.807) is 30.4 Å². The Morgan fingerprint density at radius 2 is 2.28 bits per heavy atom. The van der Waals surface area contributed by atoms with Crippen LogP contribution in [0.1, 0.15) is 33.9 Å². The molecule has 0 aliphatic heterocycles. The summed E-state index contributed by atoms with van der Waals surface area (Å²) in [5.74, 6) is -0.347. The molecule has 2 N–H and O–H groups in total. The third-order valence-electron chi connectivity index (χ3n) is 2.53. The van der Waals surface area contributed by atoms with Gasteiger partial charge in [-0.15, -0.1) is 11.3 Å². The second-order valence-electron chi connectivity index (χ2n) is 4.07. The van der Waals surface area contributed by atoms with E-state index in [9.17, 15) is 4.79 Å². The fourth-order valence-corrected chi connectivity index (χ4v) is 2.43. The van der Waals surface area contributed by atoms with Crippen molar-refractivity contribution in [2.24, 2.45) is 0 Å². The minimum atomic E-state index is -0.938. The maximum Gasteiger partial charge on any atom is 0.335 e. The molecule has 0 fully saturated rings. The predicted octanol–water partition coefficient (Wildman–Crippen LogP) is 3.32. The zero-order chi connectivity index (χ0) is 13.1. The highest BCUT2D eigenvalue weighted by molar-refractivity contribution is 7.10. The fraction of sp³-hybridized carbons (Fsp3) is 0.231. The number of carboxylic acid groups (broad SMARTS) is 1. The van der Waals surface area contributed by atoms with Gasteiger partial charge < -0.3 is 10.4 Å². The molecule has 0 saturated carbocycles. The zero-order valence-corrected chi connectivity index (χ0v) is 11.0. The normalized spacial score (nSPS) is 12.1. The Bertz CT molecular complexity index is 552. The molecule has 94 valence electrons. The molecule has 2 aromatic heterocycles. The van der Waals surface area contributed by atoms with E-state index < -0.39 is 5.97 Å². The molecule has 1 atom stereocenters. The number of aromatic nitrogens is 1. The van der Waals surface area contributed by atoms with Crippen LogP contribution < -0.4 is 5.32 Å². The van der Waals surface area contributed by atoms with Crippen molar-refractivity contribution in [2.75, 3.05) is 5.32 Å². The number of rotatable bonds is 4. The molecule has 2 rings (SSSR count). The van der Waals surface area contributed by atoms with Crippen LogP contribution in [0.2, 0.25) is 0 Å². The van der Waals surface area contributed by atoms with E-state index >= 15 is 0 Å². The van der Waals surface area contributed by atoms with Crippen LogP contribution in [-0.4, -0.2) is 16.1 Å². The highest BCUT2D eigenvalue weighted by Crippen LogP contribution is 2.22. The summed E-state index contributed by atoms with van der Waals surface area (Å²) >= 11 is 1.66. The minimum absolute atomic E-state index is 0.112. The van der Waals surface area contributed by atoms with Gasteiger partial charge in [-0.1, -0.05) is 6.07 Å². The Kier molecular flexibility index (Phi) is 3.62. The number of aromatic carboxylic acids is 1. The fourth-order valence-electron chi connectivity index (χ4n) is 1.70. The van der Waals surface area contributed by atoms with Crippen LogP contribution in [0.4, 0.5) is 5.82 Å². The first kappa shape index (κ1) is 12.6. The lowest BCUT2D eigenvalue weighted by molar-refractivity contribution is 0.0696. The Balaban J connectivity index is 2.21. The van der Waals surface area contributed by atoms with Crippen LogP contribution in [0, 0.1) is 6.92 Å². The lowest BCUT2D eigenvalue weighted by Crippen LogP contribution is -2.08. The second-order valence-corrected chi connectivity index (χ2v) is 5.05. The molecule has 0 radical (unpaired) electrons. The summed E-state index contributed by atoms with van der Waals surface area (Å²) in [5, 5.41) is 14.2.